The van der Waals surface area contributed by atoms with Gasteiger partial charge in [0.1, 0.15) is 5.75 Å². The standard InChI is InChI=1S/C28H23N3O4S/c1-18-9-8-12-20(15-18)34-16-24-30-31-28(35-24)36-17-23-26(27(32)33-2)25(19-10-4-3-5-11-19)21-13-6-7-14-22(21)29-23/h3-15H,16-17H2,1-2H3. The highest BCUT2D eigenvalue weighted by molar-refractivity contribution is 7.98. The number of carbonyl (C=O) groups is 1. The van der Waals surface area contributed by atoms with E-state index in [4.69, 9.17) is 18.9 Å². The second-order valence-corrected chi connectivity index (χ2v) is 8.97. The number of fused-ring (bicyclic) bond motifs is 1. The molecule has 0 N–H and O–H groups in total. The Labute approximate surface area is 212 Å². The molecule has 0 aliphatic rings. The highest BCUT2D eigenvalue weighted by atomic mass is 32.2. The summed E-state index contributed by atoms with van der Waals surface area (Å²) < 4.78 is 16.7. The van der Waals surface area contributed by atoms with Crippen LogP contribution < -0.4 is 4.74 Å². The van der Waals surface area contributed by atoms with Crippen molar-refractivity contribution in [1.29, 1.82) is 0 Å². The molecule has 0 fully saturated rings. The minimum Gasteiger partial charge on any atom is -0.484 e. The maximum Gasteiger partial charge on any atom is 0.340 e. The van der Waals surface area contributed by atoms with Gasteiger partial charge in [-0.25, -0.2) is 4.79 Å². The van der Waals surface area contributed by atoms with E-state index in [2.05, 4.69) is 10.2 Å². The number of esters is 1. The number of benzene rings is 3. The Hall–Kier alpha value is -4.17. The van der Waals surface area contributed by atoms with Gasteiger partial charge in [-0.05, 0) is 36.2 Å². The number of rotatable bonds is 8. The molecule has 0 aliphatic heterocycles. The Kier molecular flexibility index (Phi) is 6.95. The van der Waals surface area contributed by atoms with Gasteiger partial charge in [0.2, 0.25) is 0 Å². The van der Waals surface area contributed by atoms with E-state index in [-0.39, 0.29) is 6.61 Å². The smallest absolute Gasteiger partial charge is 0.340 e. The molecule has 36 heavy (non-hydrogen) atoms. The lowest BCUT2D eigenvalue weighted by molar-refractivity contribution is 0.0600. The fourth-order valence-electron chi connectivity index (χ4n) is 3.93. The maximum absolute atomic E-state index is 13.0. The molecule has 0 radical (unpaired) electrons. The van der Waals surface area contributed by atoms with Crippen molar-refractivity contribution >= 4 is 28.6 Å². The maximum atomic E-state index is 13.0. The molecule has 180 valence electrons. The number of methoxy groups -OCH3 is 1. The summed E-state index contributed by atoms with van der Waals surface area (Å²) >= 11 is 1.31. The van der Waals surface area contributed by atoms with Crippen molar-refractivity contribution in [2.75, 3.05) is 7.11 Å². The van der Waals surface area contributed by atoms with Crippen LogP contribution in [0.5, 0.6) is 5.75 Å². The fourth-order valence-corrected chi connectivity index (χ4v) is 4.65. The number of thioether (sulfide) groups is 1. The minimum atomic E-state index is -0.444. The van der Waals surface area contributed by atoms with Crippen molar-refractivity contribution in [3.8, 4) is 16.9 Å². The summed E-state index contributed by atoms with van der Waals surface area (Å²) in [6.07, 6.45) is 0. The van der Waals surface area contributed by atoms with Gasteiger partial charge in [0.25, 0.3) is 11.1 Å². The average Bonchev–Trinajstić information content (AvgIpc) is 3.38. The molecule has 2 heterocycles. The van der Waals surface area contributed by atoms with Crippen LogP contribution in [0.4, 0.5) is 0 Å². The van der Waals surface area contributed by atoms with Crippen molar-refractivity contribution in [2.24, 2.45) is 0 Å². The van der Waals surface area contributed by atoms with Crippen molar-refractivity contribution in [3.63, 3.8) is 0 Å². The monoisotopic (exact) mass is 497 g/mol. The zero-order chi connectivity index (χ0) is 24.9. The van der Waals surface area contributed by atoms with Gasteiger partial charge in [0, 0.05) is 16.7 Å². The summed E-state index contributed by atoms with van der Waals surface area (Å²) in [7, 11) is 1.38. The van der Waals surface area contributed by atoms with E-state index in [1.165, 1.54) is 18.9 Å². The van der Waals surface area contributed by atoms with E-state index >= 15 is 0 Å². The molecule has 3 aromatic carbocycles. The summed E-state index contributed by atoms with van der Waals surface area (Å²) in [5, 5.41) is 9.45. The zero-order valence-electron chi connectivity index (χ0n) is 19.8. The lowest BCUT2D eigenvalue weighted by Gasteiger charge is -2.15. The van der Waals surface area contributed by atoms with E-state index in [0.29, 0.717) is 28.1 Å². The van der Waals surface area contributed by atoms with Gasteiger partial charge < -0.3 is 13.9 Å². The highest BCUT2D eigenvalue weighted by Crippen LogP contribution is 2.35. The SMILES string of the molecule is COC(=O)c1c(CSc2nnc(COc3cccc(C)c3)o2)nc2ccccc2c1-c1ccccc1. The highest BCUT2D eigenvalue weighted by Gasteiger charge is 2.23. The number of aryl methyl sites for hydroxylation is 1. The molecule has 8 heteroatoms. The second kappa shape index (κ2) is 10.6. The summed E-state index contributed by atoms with van der Waals surface area (Å²) in [6.45, 7) is 2.16. The third-order valence-electron chi connectivity index (χ3n) is 5.55. The van der Waals surface area contributed by atoms with E-state index in [1.54, 1.807) is 0 Å². The van der Waals surface area contributed by atoms with Crippen LogP contribution in [0.3, 0.4) is 0 Å². The Bertz CT molecular complexity index is 1520. The molecular formula is C28H23N3O4S. The van der Waals surface area contributed by atoms with Gasteiger partial charge in [-0.2, -0.15) is 0 Å². The van der Waals surface area contributed by atoms with Gasteiger partial charge in [-0.15, -0.1) is 10.2 Å². The van der Waals surface area contributed by atoms with Crippen LogP contribution in [0.1, 0.15) is 27.5 Å². The van der Waals surface area contributed by atoms with Crippen LogP contribution in [0, 0.1) is 6.92 Å². The second-order valence-electron chi connectivity index (χ2n) is 8.04. The molecule has 0 aliphatic carbocycles. The fraction of sp³-hybridized carbons (Fsp3) is 0.143. The molecule has 0 unspecified atom stereocenters. The van der Waals surface area contributed by atoms with E-state index in [9.17, 15) is 4.79 Å². The number of para-hydroxylation sites is 1. The summed E-state index contributed by atoms with van der Waals surface area (Å²) in [6, 6.07) is 25.3. The summed E-state index contributed by atoms with van der Waals surface area (Å²) in [5.74, 6) is 0.998. The average molecular weight is 498 g/mol. The normalized spacial score (nSPS) is 10.9. The van der Waals surface area contributed by atoms with Gasteiger partial charge in [-0.3, -0.25) is 4.98 Å². The largest absolute Gasteiger partial charge is 0.484 e. The predicted molar refractivity (Wildman–Crippen MR) is 138 cm³/mol. The Balaban J connectivity index is 1.43. The van der Waals surface area contributed by atoms with Crippen LogP contribution in [-0.2, 0) is 17.1 Å². The van der Waals surface area contributed by atoms with Crippen LogP contribution in [0.15, 0.2) is 88.5 Å². The van der Waals surface area contributed by atoms with Gasteiger partial charge in [0.15, 0.2) is 6.61 Å². The first kappa shape index (κ1) is 23.6. The first-order chi connectivity index (χ1) is 17.6. The quantitative estimate of drug-likeness (QED) is 0.184. The molecule has 2 aromatic heterocycles. The van der Waals surface area contributed by atoms with Crippen molar-refractivity contribution in [2.45, 2.75) is 24.5 Å². The number of ether oxygens (including phenoxy) is 2. The lowest BCUT2D eigenvalue weighted by Crippen LogP contribution is -2.10. The molecule has 5 aromatic rings. The summed E-state index contributed by atoms with van der Waals surface area (Å²) in [5.41, 5.74) is 4.61. The number of hydrogen-bond acceptors (Lipinski definition) is 8. The number of aromatic nitrogens is 3. The molecule has 0 saturated carbocycles. The van der Waals surface area contributed by atoms with Gasteiger partial charge >= 0.3 is 5.97 Å². The lowest BCUT2D eigenvalue weighted by atomic mass is 9.94. The van der Waals surface area contributed by atoms with Crippen molar-refractivity contribution < 1.29 is 18.7 Å². The summed E-state index contributed by atoms with van der Waals surface area (Å²) in [4.78, 5) is 17.8. The number of nitrogens with zero attached hydrogens (tertiary/aromatic N) is 3. The number of hydrogen-bond donors (Lipinski definition) is 0. The first-order valence-electron chi connectivity index (χ1n) is 11.3. The minimum absolute atomic E-state index is 0.163. The zero-order valence-corrected chi connectivity index (χ0v) is 20.6. The molecule has 0 bridgehead atoms. The molecule has 5 rings (SSSR count). The molecule has 0 saturated heterocycles. The Morgan fingerprint density at radius 1 is 0.972 bits per heavy atom. The molecular weight excluding hydrogens is 474 g/mol. The predicted octanol–water partition coefficient (Wildman–Crippen LogP) is 6.25. The van der Waals surface area contributed by atoms with Crippen LogP contribution in [0.25, 0.3) is 22.0 Å². The van der Waals surface area contributed by atoms with Crippen molar-refractivity contribution in [3.05, 3.63) is 102 Å². The molecule has 0 amide bonds. The van der Waals surface area contributed by atoms with Crippen molar-refractivity contribution in [1.82, 2.24) is 15.2 Å². The molecule has 0 spiro atoms. The Morgan fingerprint density at radius 2 is 1.78 bits per heavy atom. The first-order valence-corrected chi connectivity index (χ1v) is 12.3. The molecule has 7 nitrogen and oxygen atoms in total. The Morgan fingerprint density at radius 3 is 2.58 bits per heavy atom. The number of pyridine rings is 1. The third-order valence-corrected chi connectivity index (χ3v) is 6.38. The molecule has 0 atom stereocenters. The van der Waals surface area contributed by atoms with Crippen LogP contribution in [0.2, 0.25) is 0 Å². The number of carbonyl (C=O) groups excluding carboxylic acids is 1. The van der Waals surface area contributed by atoms with Gasteiger partial charge in [0.05, 0.1) is 23.9 Å². The topological polar surface area (TPSA) is 87.3 Å². The van der Waals surface area contributed by atoms with E-state index < -0.39 is 5.97 Å². The van der Waals surface area contributed by atoms with E-state index in [0.717, 1.165) is 33.3 Å². The van der Waals surface area contributed by atoms with Crippen LogP contribution >= 0.6 is 11.8 Å². The third kappa shape index (κ3) is 5.08. The van der Waals surface area contributed by atoms with Gasteiger partial charge in [-0.1, -0.05) is 72.4 Å². The van der Waals surface area contributed by atoms with Crippen LogP contribution in [-0.4, -0.2) is 28.3 Å². The van der Waals surface area contributed by atoms with E-state index in [1.807, 2.05) is 85.8 Å².